The average molecular weight is 430 g/mol. The molecular weight excluding hydrogens is 402 g/mol. The van der Waals surface area contributed by atoms with Crippen LogP contribution >= 0.6 is 0 Å². The number of carbonyl (C=O) groups is 1. The third-order valence-electron chi connectivity index (χ3n) is 4.91. The van der Waals surface area contributed by atoms with E-state index in [9.17, 15) is 13.2 Å². The number of rotatable bonds is 7. The van der Waals surface area contributed by atoms with Gasteiger partial charge in [0.2, 0.25) is 0 Å². The van der Waals surface area contributed by atoms with Gasteiger partial charge in [-0.1, -0.05) is 26.0 Å². The van der Waals surface area contributed by atoms with Crippen LogP contribution in [0.15, 0.2) is 57.8 Å². The first kappa shape index (κ1) is 21.8. The number of nitrogens with one attached hydrogen (secondary N) is 1. The van der Waals surface area contributed by atoms with E-state index in [0.717, 1.165) is 13.0 Å². The van der Waals surface area contributed by atoms with Gasteiger partial charge >= 0.3 is 0 Å². The van der Waals surface area contributed by atoms with Crippen molar-refractivity contribution >= 4 is 27.5 Å². The van der Waals surface area contributed by atoms with Crippen LogP contribution < -0.4 is 10.1 Å². The summed E-state index contributed by atoms with van der Waals surface area (Å²) in [4.78, 5) is 14.1. The number of sulfonamides is 1. The Hall–Kier alpha value is -2.87. The molecule has 0 aliphatic carbocycles. The summed E-state index contributed by atoms with van der Waals surface area (Å²) in [5.74, 6) is 1.30. The fourth-order valence-corrected chi connectivity index (χ4v) is 4.20. The Kier molecular flexibility index (Phi) is 6.77. The fraction of sp³-hybridized carbons (Fsp3) is 0.364. The van der Waals surface area contributed by atoms with Crippen molar-refractivity contribution in [2.75, 3.05) is 25.5 Å². The molecule has 7 nitrogen and oxygen atoms in total. The normalized spacial score (nSPS) is 15.6. The van der Waals surface area contributed by atoms with Crippen LogP contribution in [0, 0.1) is 0 Å². The van der Waals surface area contributed by atoms with Gasteiger partial charge in [-0.15, -0.1) is 4.40 Å². The molecule has 2 aromatic carbocycles. The molecule has 0 unspecified atom stereocenters. The Morgan fingerprint density at radius 3 is 2.37 bits per heavy atom. The van der Waals surface area contributed by atoms with Gasteiger partial charge in [-0.3, -0.25) is 4.79 Å². The maximum absolute atomic E-state index is 12.5. The number of carbonyl (C=O) groups excluding carboxylic acids is 1. The second-order valence-electron chi connectivity index (χ2n) is 7.59. The van der Waals surface area contributed by atoms with Crippen LogP contribution in [0.2, 0.25) is 0 Å². The first-order valence-corrected chi connectivity index (χ1v) is 11.4. The lowest BCUT2D eigenvalue weighted by Crippen LogP contribution is -2.20. The summed E-state index contributed by atoms with van der Waals surface area (Å²) < 4.78 is 34.4. The molecule has 1 saturated heterocycles. The monoisotopic (exact) mass is 429 g/mol. The minimum atomic E-state index is -3.77. The van der Waals surface area contributed by atoms with E-state index in [0.29, 0.717) is 29.6 Å². The molecule has 0 atom stereocenters. The molecule has 1 N–H and O–H groups in total. The number of amides is 1. The first-order chi connectivity index (χ1) is 14.2. The number of amidine groups is 1. The van der Waals surface area contributed by atoms with Gasteiger partial charge in [-0.2, -0.15) is 8.42 Å². The molecule has 0 spiro atoms. The molecular formula is C22H27N3O4S. The third-order valence-corrected chi connectivity index (χ3v) is 6.23. The van der Waals surface area contributed by atoms with Gasteiger partial charge in [0.1, 0.15) is 11.6 Å². The van der Waals surface area contributed by atoms with Gasteiger partial charge in [0.25, 0.3) is 15.9 Å². The Bertz CT molecular complexity index is 1010. The molecule has 1 aliphatic heterocycles. The first-order valence-electron chi connectivity index (χ1n) is 9.92. The van der Waals surface area contributed by atoms with Crippen LogP contribution in [0.5, 0.6) is 5.75 Å². The highest BCUT2D eigenvalue weighted by Crippen LogP contribution is 2.20. The van der Waals surface area contributed by atoms with E-state index in [1.165, 1.54) is 17.7 Å². The quantitative estimate of drug-likeness (QED) is 0.726. The van der Waals surface area contributed by atoms with Crippen molar-refractivity contribution < 1.29 is 17.9 Å². The summed E-state index contributed by atoms with van der Waals surface area (Å²) >= 11 is 0. The van der Waals surface area contributed by atoms with E-state index in [2.05, 4.69) is 23.6 Å². The molecule has 1 amide bonds. The molecule has 3 rings (SSSR count). The lowest BCUT2D eigenvalue weighted by Gasteiger charge is -2.11. The molecule has 2 aromatic rings. The minimum Gasteiger partial charge on any atom is -0.484 e. The van der Waals surface area contributed by atoms with Crippen LogP contribution in [0.1, 0.15) is 38.2 Å². The van der Waals surface area contributed by atoms with E-state index in [4.69, 9.17) is 4.74 Å². The van der Waals surface area contributed by atoms with Crippen molar-refractivity contribution in [3.8, 4) is 5.75 Å². The van der Waals surface area contributed by atoms with Gasteiger partial charge in [0.15, 0.2) is 6.61 Å². The van der Waals surface area contributed by atoms with Crippen molar-refractivity contribution in [1.29, 1.82) is 0 Å². The summed E-state index contributed by atoms with van der Waals surface area (Å²) in [5, 5.41) is 2.70. The number of nitrogens with zero attached hydrogens (tertiary/aromatic N) is 2. The summed E-state index contributed by atoms with van der Waals surface area (Å²) in [5.41, 5.74) is 1.69. The SMILES string of the molecule is CC(C)c1ccc(OCC(=O)Nc2ccc(S(=O)(=O)/N=C3\CCCN3C)cc2)cc1. The lowest BCUT2D eigenvalue weighted by molar-refractivity contribution is -0.118. The molecule has 0 radical (unpaired) electrons. The van der Waals surface area contributed by atoms with Gasteiger partial charge in [-0.25, -0.2) is 0 Å². The topological polar surface area (TPSA) is 88.1 Å². The van der Waals surface area contributed by atoms with E-state index in [1.807, 2.05) is 36.2 Å². The standard InChI is InChI=1S/C22H27N3O4S/c1-16(2)17-6-10-19(11-7-17)29-15-22(26)23-18-8-12-20(13-9-18)30(27,28)24-21-5-4-14-25(21)3/h6-13,16H,4-5,14-15H2,1-3H3,(H,23,26)/b24-21+. The molecule has 1 fully saturated rings. The Labute approximate surface area is 177 Å². The van der Waals surface area contributed by atoms with Gasteiger partial charge < -0.3 is 15.0 Å². The second-order valence-corrected chi connectivity index (χ2v) is 9.20. The number of hydrogen-bond acceptors (Lipinski definition) is 4. The van der Waals surface area contributed by atoms with E-state index >= 15 is 0 Å². The van der Waals surface area contributed by atoms with Crippen LogP contribution in [0.25, 0.3) is 0 Å². The molecule has 160 valence electrons. The predicted octanol–water partition coefficient (Wildman–Crippen LogP) is 3.64. The summed E-state index contributed by atoms with van der Waals surface area (Å²) in [6, 6.07) is 13.6. The molecule has 0 aromatic heterocycles. The largest absolute Gasteiger partial charge is 0.484 e. The minimum absolute atomic E-state index is 0.0924. The van der Waals surface area contributed by atoms with Crippen molar-refractivity contribution in [2.24, 2.45) is 4.40 Å². The van der Waals surface area contributed by atoms with Crippen LogP contribution in [-0.4, -0.2) is 45.3 Å². The summed E-state index contributed by atoms with van der Waals surface area (Å²) in [6.45, 7) is 4.89. The maximum Gasteiger partial charge on any atom is 0.283 e. The summed E-state index contributed by atoms with van der Waals surface area (Å²) in [6.07, 6.45) is 1.56. The van der Waals surface area contributed by atoms with Crippen molar-refractivity contribution in [3.05, 3.63) is 54.1 Å². The van der Waals surface area contributed by atoms with Crippen LogP contribution in [-0.2, 0) is 14.8 Å². The highest BCUT2D eigenvalue weighted by molar-refractivity contribution is 7.90. The fourth-order valence-electron chi connectivity index (χ4n) is 3.11. The second kappa shape index (κ2) is 9.30. The van der Waals surface area contributed by atoms with Gasteiger partial charge in [0.05, 0.1) is 4.90 Å². The molecule has 30 heavy (non-hydrogen) atoms. The Morgan fingerprint density at radius 1 is 1.13 bits per heavy atom. The zero-order valence-electron chi connectivity index (χ0n) is 17.5. The number of benzene rings is 2. The van der Waals surface area contributed by atoms with Crippen molar-refractivity contribution in [2.45, 2.75) is 37.5 Å². The van der Waals surface area contributed by atoms with Gasteiger partial charge in [-0.05, 0) is 54.3 Å². The highest BCUT2D eigenvalue weighted by Gasteiger charge is 2.20. The number of anilines is 1. The zero-order valence-corrected chi connectivity index (χ0v) is 18.3. The molecule has 1 aliphatic rings. The number of ether oxygens (including phenoxy) is 1. The third kappa shape index (κ3) is 5.60. The zero-order chi connectivity index (χ0) is 21.7. The molecule has 1 heterocycles. The summed E-state index contributed by atoms with van der Waals surface area (Å²) in [7, 11) is -1.93. The van der Waals surface area contributed by atoms with Crippen molar-refractivity contribution in [3.63, 3.8) is 0 Å². The van der Waals surface area contributed by atoms with Crippen LogP contribution in [0.4, 0.5) is 5.69 Å². The van der Waals surface area contributed by atoms with E-state index < -0.39 is 10.0 Å². The highest BCUT2D eigenvalue weighted by atomic mass is 32.2. The molecule has 8 heteroatoms. The maximum atomic E-state index is 12.5. The number of likely N-dealkylation sites (tertiary alicyclic amines) is 1. The number of hydrogen-bond donors (Lipinski definition) is 1. The van der Waals surface area contributed by atoms with Gasteiger partial charge in [0, 0.05) is 25.7 Å². The molecule has 0 saturated carbocycles. The smallest absolute Gasteiger partial charge is 0.283 e. The Morgan fingerprint density at radius 2 is 1.80 bits per heavy atom. The Balaban J connectivity index is 1.56. The van der Waals surface area contributed by atoms with E-state index in [1.54, 1.807) is 12.1 Å². The predicted molar refractivity (Wildman–Crippen MR) is 118 cm³/mol. The lowest BCUT2D eigenvalue weighted by atomic mass is 10.0. The van der Waals surface area contributed by atoms with Crippen LogP contribution in [0.3, 0.4) is 0 Å². The van der Waals surface area contributed by atoms with E-state index in [-0.39, 0.29) is 17.4 Å². The molecule has 0 bridgehead atoms. The van der Waals surface area contributed by atoms with Crippen molar-refractivity contribution in [1.82, 2.24) is 4.90 Å². The average Bonchev–Trinajstić information content (AvgIpc) is 3.11.